The molecule has 1 N–H and O–H groups in total. The minimum atomic E-state index is -0.409. The van der Waals surface area contributed by atoms with Crippen molar-refractivity contribution < 1.29 is 18.7 Å². The molecule has 5 nitrogen and oxygen atoms in total. The predicted molar refractivity (Wildman–Crippen MR) is 68.3 cm³/mol. The lowest BCUT2D eigenvalue weighted by molar-refractivity contribution is -0.785. The van der Waals surface area contributed by atoms with Crippen LogP contribution in [0.4, 0.5) is 4.39 Å². The van der Waals surface area contributed by atoms with Crippen molar-refractivity contribution in [1.29, 1.82) is 0 Å². The zero-order valence-corrected chi connectivity index (χ0v) is 11.6. The minimum Gasteiger partial charge on any atom is -0.539 e. The molecule has 0 fully saturated rings. The lowest BCUT2D eigenvalue weighted by atomic mass is 10.1. The molecular formula is C14H18FN3O2. The van der Waals surface area contributed by atoms with Crippen molar-refractivity contribution in [2.75, 3.05) is 6.54 Å². The van der Waals surface area contributed by atoms with Gasteiger partial charge in [-0.25, -0.2) is 4.39 Å². The minimum absolute atomic E-state index is 0.0790. The zero-order chi connectivity index (χ0) is 14.5. The fourth-order valence-corrected chi connectivity index (χ4v) is 1.93. The molecule has 0 aliphatic carbocycles. The van der Waals surface area contributed by atoms with Crippen molar-refractivity contribution in [3.8, 4) is 5.95 Å². The first-order valence-electron chi connectivity index (χ1n) is 6.60. The van der Waals surface area contributed by atoms with Crippen LogP contribution in [-0.4, -0.2) is 11.8 Å². The van der Waals surface area contributed by atoms with E-state index in [1.807, 2.05) is 13.8 Å². The molecule has 0 unspecified atom stereocenters. The summed E-state index contributed by atoms with van der Waals surface area (Å²) in [4.78, 5) is 0. The highest BCUT2D eigenvalue weighted by Gasteiger charge is 2.19. The molecule has 0 aliphatic rings. The number of halogens is 1. The lowest BCUT2D eigenvalue weighted by Crippen LogP contribution is -2.43. The van der Waals surface area contributed by atoms with Crippen LogP contribution in [0.5, 0.6) is 5.95 Å². The molecule has 20 heavy (non-hydrogen) atoms. The van der Waals surface area contributed by atoms with E-state index in [2.05, 4.69) is 15.1 Å². The Kier molecular flexibility index (Phi) is 4.68. The average molecular weight is 279 g/mol. The normalized spacial score (nSPS) is 11.2. The van der Waals surface area contributed by atoms with Gasteiger partial charge in [0.15, 0.2) is 12.0 Å². The van der Waals surface area contributed by atoms with E-state index in [1.165, 1.54) is 12.1 Å². The highest BCUT2D eigenvalue weighted by molar-refractivity contribution is 5.16. The number of aromatic nitrogens is 2. The molecule has 0 radical (unpaired) electrons. The number of nitrogens with zero attached hydrogens (tertiary/aromatic N) is 2. The van der Waals surface area contributed by atoms with Crippen LogP contribution >= 0.6 is 0 Å². The van der Waals surface area contributed by atoms with E-state index < -0.39 is 5.95 Å². The van der Waals surface area contributed by atoms with Gasteiger partial charge in [0.1, 0.15) is 5.82 Å². The molecule has 0 saturated heterocycles. The Bertz CT molecular complexity index is 552. The summed E-state index contributed by atoms with van der Waals surface area (Å²) in [6.07, 6.45) is 0.765. The van der Waals surface area contributed by atoms with E-state index in [0.717, 1.165) is 12.0 Å². The van der Waals surface area contributed by atoms with Gasteiger partial charge in [0.2, 0.25) is 5.69 Å². The van der Waals surface area contributed by atoms with Gasteiger partial charge < -0.3 is 14.9 Å². The van der Waals surface area contributed by atoms with Crippen LogP contribution in [-0.2, 0) is 13.0 Å². The summed E-state index contributed by atoms with van der Waals surface area (Å²) < 4.78 is 19.0. The second-order valence-corrected chi connectivity index (χ2v) is 4.90. The van der Waals surface area contributed by atoms with Gasteiger partial charge in [-0.15, -0.1) is 0 Å². The maximum Gasteiger partial charge on any atom is 0.247 e. The van der Waals surface area contributed by atoms with Crippen molar-refractivity contribution in [2.24, 2.45) is 0 Å². The summed E-state index contributed by atoms with van der Waals surface area (Å²) in [5.74, 6) is -0.645. The molecule has 2 aromatic rings. The second-order valence-electron chi connectivity index (χ2n) is 4.90. The first-order chi connectivity index (χ1) is 9.58. The fraction of sp³-hybridized carbons (Fsp3) is 0.429. The SMILES string of the molecule is CC(C)[n+]1noc([O-])c1CNCCc1ccc(F)cc1. The molecule has 0 amide bonds. The molecule has 1 aromatic heterocycles. The van der Waals surface area contributed by atoms with Crippen LogP contribution < -0.4 is 15.1 Å². The molecule has 0 spiro atoms. The largest absolute Gasteiger partial charge is 0.539 e. The maximum absolute atomic E-state index is 12.8. The number of hydrogen-bond donors (Lipinski definition) is 1. The number of nitrogens with one attached hydrogen (secondary N) is 1. The standard InChI is InChI=1S/C14H18FN3O2/c1-10(2)18-13(14(19)20-17-18)9-16-8-7-11-3-5-12(15)6-4-11/h3-6,10,16H,7-9H2,1-2H3. The van der Waals surface area contributed by atoms with E-state index in [4.69, 9.17) is 0 Å². The lowest BCUT2D eigenvalue weighted by Gasteiger charge is -2.04. The molecule has 2 rings (SSSR count). The molecule has 0 atom stereocenters. The summed E-state index contributed by atoms with van der Waals surface area (Å²) in [7, 11) is 0. The molecule has 0 bridgehead atoms. The number of benzene rings is 1. The van der Waals surface area contributed by atoms with Crippen molar-refractivity contribution in [3.05, 3.63) is 41.3 Å². The van der Waals surface area contributed by atoms with E-state index in [9.17, 15) is 9.50 Å². The van der Waals surface area contributed by atoms with Gasteiger partial charge in [0.25, 0.3) is 0 Å². The van der Waals surface area contributed by atoms with E-state index >= 15 is 0 Å². The zero-order valence-electron chi connectivity index (χ0n) is 11.6. The molecular weight excluding hydrogens is 261 g/mol. The van der Waals surface area contributed by atoms with Gasteiger partial charge in [0, 0.05) is 0 Å². The van der Waals surface area contributed by atoms with Crippen molar-refractivity contribution in [1.82, 2.24) is 10.6 Å². The van der Waals surface area contributed by atoms with Crippen LogP contribution in [0.15, 0.2) is 28.8 Å². The Morgan fingerprint density at radius 3 is 2.70 bits per heavy atom. The third kappa shape index (κ3) is 3.54. The second kappa shape index (κ2) is 6.47. The number of rotatable bonds is 6. The first kappa shape index (κ1) is 14.5. The van der Waals surface area contributed by atoms with Gasteiger partial charge in [-0.3, -0.25) is 0 Å². The molecule has 0 aliphatic heterocycles. The Labute approximate surface area is 117 Å². The number of hydrogen-bond acceptors (Lipinski definition) is 4. The molecule has 0 saturated carbocycles. The van der Waals surface area contributed by atoms with Crippen LogP contribution in [0, 0.1) is 5.82 Å². The smallest absolute Gasteiger partial charge is 0.247 e. The Morgan fingerprint density at radius 1 is 1.35 bits per heavy atom. The summed E-state index contributed by atoms with van der Waals surface area (Å²) in [5, 5.41) is 18.4. The van der Waals surface area contributed by atoms with Gasteiger partial charge in [-0.05, 0) is 44.5 Å². The Hall–Kier alpha value is -1.95. The molecule has 108 valence electrons. The van der Waals surface area contributed by atoms with Gasteiger partial charge in [-0.1, -0.05) is 16.8 Å². The third-order valence-electron chi connectivity index (χ3n) is 3.01. The maximum atomic E-state index is 12.8. The van der Waals surface area contributed by atoms with E-state index in [1.54, 1.807) is 16.8 Å². The van der Waals surface area contributed by atoms with Crippen LogP contribution in [0.2, 0.25) is 0 Å². The predicted octanol–water partition coefficient (Wildman–Crippen LogP) is 1.09. The van der Waals surface area contributed by atoms with Crippen molar-refractivity contribution >= 4 is 0 Å². The highest BCUT2D eigenvalue weighted by atomic mass is 19.1. The van der Waals surface area contributed by atoms with Gasteiger partial charge in [-0.2, -0.15) is 0 Å². The van der Waals surface area contributed by atoms with Crippen molar-refractivity contribution in [2.45, 2.75) is 32.9 Å². The van der Waals surface area contributed by atoms with E-state index in [-0.39, 0.29) is 11.9 Å². The first-order valence-corrected chi connectivity index (χ1v) is 6.60. The molecule has 1 heterocycles. The topological polar surface area (TPSA) is 65.0 Å². The van der Waals surface area contributed by atoms with Crippen LogP contribution in [0.25, 0.3) is 0 Å². The summed E-state index contributed by atoms with van der Waals surface area (Å²) in [5.41, 5.74) is 1.56. The third-order valence-corrected chi connectivity index (χ3v) is 3.01. The summed E-state index contributed by atoms with van der Waals surface area (Å²) >= 11 is 0. The average Bonchev–Trinajstić information content (AvgIpc) is 2.78. The summed E-state index contributed by atoms with van der Waals surface area (Å²) in [6, 6.07) is 6.47. The Morgan fingerprint density at radius 2 is 2.05 bits per heavy atom. The van der Waals surface area contributed by atoms with Crippen molar-refractivity contribution in [3.63, 3.8) is 0 Å². The highest BCUT2D eigenvalue weighted by Crippen LogP contribution is 2.09. The molecule has 1 aromatic carbocycles. The van der Waals surface area contributed by atoms with Gasteiger partial charge >= 0.3 is 0 Å². The Balaban J connectivity index is 1.84. The molecule has 6 heteroatoms. The quantitative estimate of drug-likeness (QED) is 0.635. The monoisotopic (exact) mass is 279 g/mol. The van der Waals surface area contributed by atoms with Crippen LogP contribution in [0.3, 0.4) is 0 Å². The summed E-state index contributed by atoms with van der Waals surface area (Å²) in [6.45, 7) is 4.96. The fourth-order valence-electron chi connectivity index (χ4n) is 1.93. The van der Waals surface area contributed by atoms with E-state index in [0.29, 0.717) is 18.8 Å². The van der Waals surface area contributed by atoms with Gasteiger partial charge in [0.05, 0.1) is 11.8 Å². The van der Waals surface area contributed by atoms with Crippen LogP contribution in [0.1, 0.15) is 31.1 Å².